The lowest BCUT2D eigenvalue weighted by molar-refractivity contribution is 0.584. The van der Waals surface area contributed by atoms with Crippen LogP contribution in [-0.4, -0.2) is 15.0 Å². The van der Waals surface area contributed by atoms with Crippen LogP contribution in [0.3, 0.4) is 0 Å². The predicted octanol–water partition coefficient (Wildman–Crippen LogP) is 10.1. The van der Waals surface area contributed by atoms with Gasteiger partial charge in [0.2, 0.25) is 0 Å². The third-order valence-electron chi connectivity index (χ3n) is 8.02. The van der Waals surface area contributed by atoms with E-state index in [0.29, 0.717) is 33.9 Å². The molecule has 5 nitrogen and oxygen atoms in total. The maximum Gasteiger partial charge on any atom is 0.164 e. The van der Waals surface area contributed by atoms with E-state index in [2.05, 4.69) is 12.1 Å². The smallest absolute Gasteiger partial charge is 0.164 e. The number of aromatic nitrogens is 3. The highest BCUT2D eigenvalue weighted by Crippen LogP contribution is 2.40. The fourth-order valence-electron chi connectivity index (χ4n) is 6.08. The Kier molecular flexibility index (Phi) is 5.19. The molecule has 44 heavy (non-hydrogen) atoms. The Labute approximate surface area is 248 Å². The van der Waals surface area contributed by atoms with Crippen molar-refractivity contribution in [3.63, 3.8) is 0 Å². The molecular formula is C37H19F2N3O2. The molecule has 0 aliphatic rings. The molecule has 208 valence electrons. The average Bonchev–Trinajstić information content (AvgIpc) is 3.62. The lowest BCUT2D eigenvalue weighted by Gasteiger charge is -2.10. The zero-order chi connectivity index (χ0) is 29.4. The second-order valence-electron chi connectivity index (χ2n) is 10.7. The number of halogens is 2. The summed E-state index contributed by atoms with van der Waals surface area (Å²) in [6.07, 6.45) is 0. The van der Waals surface area contributed by atoms with E-state index in [-0.39, 0.29) is 11.4 Å². The quantitative estimate of drug-likeness (QED) is 0.210. The lowest BCUT2D eigenvalue weighted by atomic mass is 10.0. The summed E-state index contributed by atoms with van der Waals surface area (Å²) in [7, 11) is 0. The topological polar surface area (TPSA) is 65.0 Å². The molecule has 0 fully saturated rings. The highest BCUT2D eigenvalue weighted by Gasteiger charge is 2.20. The summed E-state index contributed by atoms with van der Waals surface area (Å²) >= 11 is 0. The zero-order valence-corrected chi connectivity index (χ0v) is 22.9. The normalized spacial score (nSPS) is 11.9. The molecule has 0 amide bonds. The Hall–Kier alpha value is -5.95. The van der Waals surface area contributed by atoms with E-state index in [4.69, 9.17) is 23.8 Å². The maximum absolute atomic E-state index is 14.4. The monoisotopic (exact) mass is 575 g/mol. The van der Waals surface area contributed by atoms with E-state index >= 15 is 0 Å². The first kappa shape index (κ1) is 24.6. The van der Waals surface area contributed by atoms with E-state index in [9.17, 15) is 8.78 Å². The molecule has 0 saturated carbocycles. The molecule has 6 aromatic carbocycles. The number of para-hydroxylation sites is 1. The molecule has 0 aliphatic carbocycles. The van der Waals surface area contributed by atoms with Crippen molar-refractivity contribution in [2.75, 3.05) is 0 Å². The Morgan fingerprint density at radius 2 is 1.09 bits per heavy atom. The van der Waals surface area contributed by atoms with Gasteiger partial charge in [-0.2, -0.15) is 0 Å². The van der Waals surface area contributed by atoms with Gasteiger partial charge in [0.1, 0.15) is 34.0 Å². The first-order chi connectivity index (χ1) is 21.6. The predicted molar refractivity (Wildman–Crippen MR) is 168 cm³/mol. The molecule has 0 atom stereocenters. The average molecular weight is 576 g/mol. The van der Waals surface area contributed by atoms with Crippen molar-refractivity contribution < 1.29 is 17.6 Å². The zero-order valence-electron chi connectivity index (χ0n) is 22.9. The van der Waals surface area contributed by atoms with Gasteiger partial charge in [-0.15, -0.1) is 0 Å². The summed E-state index contributed by atoms with van der Waals surface area (Å²) < 4.78 is 41.2. The second-order valence-corrected chi connectivity index (χ2v) is 10.7. The number of fused-ring (bicyclic) bond motifs is 8. The number of hydrogen-bond donors (Lipinski definition) is 0. The minimum absolute atomic E-state index is 0.141. The third kappa shape index (κ3) is 3.79. The van der Waals surface area contributed by atoms with Gasteiger partial charge in [-0.05, 0) is 53.2 Å². The first-order valence-electron chi connectivity index (χ1n) is 14.1. The van der Waals surface area contributed by atoms with Crippen LogP contribution in [0.4, 0.5) is 8.78 Å². The largest absolute Gasteiger partial charge is 0.456 e. The molecule has 0 unspecified atom stereocenters. The molecule has 9 aromatic rings. The van der Waals surface area contributed by atoms with E-state index in [1.807, 2.05) is 84.9 Å². The number of furan rings is 2. The molecule has 0 saturated heterocycles. The fourth-order valence-corrected chi connectivity index (χ4v) is 6.08. The van der Waals surface area contributed by atoms with Gasteiger partial charge in [-0.25, -0.2) is 23.7 Å². The van der Waals surface area contributed by atoms with E-state index in [0.717, 1.165) is 49.5 Å². The summed E-state index contributed by atoms with van der Waals surface area (Å²) in [5.74, 6) is -0.613. The number of hydrogen-bond acceptors (Lipinski definition) is 5. The van der Waals surface area contributed by atoms with Gasteiger partial charge in [0.25, 0.3) is 0 Å². The third-order valence-corrected chi connectivity index (χ3v) is 8.02. The SMILES string of the molecule is Fc1cc(F)cc(-c2nc(-c3ccc4c(c3)oc3ccccc34)nc(-c3cccc4oc5ccc6ccccc6c5c34)n2)c1. The molecule has 7 heteroatoms. The maximum atomic E-state index is 14.4. The molecule has 0 spiro atoms. The van der Waals surface area contributed by atoms with Crippen LogP contribution in [0.1, 0.15) is 0 Å². The van der Waals surface area contributed by atoms with Crippen molar-refractivity contribution in [1.82, 2.24) is 15.0 Å². The van der Waals surface area contributed by atoms with Gasteiger partial charge in [0.05, 0.1) is 0 Å². The molecule has 0 bridgehead atoms. The summed E-state index contributed by atoms with van der Waals surface area (Å²) in [5.41, 5.74) is 4.46. The van der Waals surface area contributed by atoms with Crippen molar-refractivity contribution in [3.05, 3.63) is 127 Å². The van der Waals surface area contributed by atoms with Crippen molar-refractivity contribution in [2.45, 2.75) is 0 Å². The van der Waals surface area contributed by atoms with Gasteiger partial charge < -0.3 is 8.83 Å². The Morgan fingerprint density at radius 1 is 0.432 bits per heavy atom. The number of nitrogens with zero attached hydrogens (tertiary/aromatic N) is 3. The van der Waals surface area contributed by atoms with Gasteiger partial charge in [-0.3, -0.25) is 0 Å². The van der Waals surface area contributed by atoms with Crippen LogP contribution >= 0.6 is 0 Å². The number of benzene rings is 6. The molecular weight excluding hydrogens is 556 g/mol. The second kappa shape index (κ2) is 9.28. The van der Waals surface area contributed by atoms with Crippen molar-refractivity contribution >= 4 is 54.6 Å². The standard InChI is InChI=1S/C37H19F2N3O2/c38-23-16-22(17-24(39)19-23)36-40-35(21-12-14-27-26-8-3-4-10-29(26)43-32(27)18-21)41-37(42-36)28-9-5-11-30-34(28)33-25-7-2-1-6-20(25)13-15-31(33)44-30/h1-19H. The molecule has 0 aliphatic heterocycles. The van der Waals surface area contributed by atoms with Gasteiger partial charge in [-0.1, -0.05) is 66.7 Å². The minimum Gasteiger partial charge on any atom is -0.456 e. The highest BCUT2D eigenvalue weighted by atomic mass is 19.1. The minimum atomic E-state index is -0.721. The Morgan fingerprint density at radius 3 is 1.95 bits per heavy atom. The van der Waals surface area contributed by atoms with Gasteiger partial charge in [0, 0.05) is 44.3 Å². The van der Waals surface area contributed by atoms with Crippen LogP contribution in [0, 0.1) is 11.6 Å². The fraction of sp³-hybridized carbons (Fsp3) is 0. The van der Waals surface area contributed by atoms with E-state index < -0.39 is 11.6 Å². The van der Waals surface area contributed by atoms with Crippen LogP contribution in [0.25, 0.3) is 88.8 Å². The van der Waals surface area contributed by atoms with Crippen LogP contribution < -0.4 is 0 Å². The summed E-state index contributed by atoms with van der Waals surface area (Å²) in [5, 5.41) is 5.87. The van der Waals surface area contributed by atoms with Crippen molar-refractivity contribution in [1.29, 1.82) is 0 Å². The molecule has 0 N–H and O–H groups in total. The molecule has 0 radical (unpaired) electrons. The van der Waals surface area contributed by atoms with Crippen LogP contribution in [0.2, 0.25) is 0 Å². The van der Waals surface area contributed by atoms with Gasteiger partial charge in [0.15, 0.2) is 17.5 Å². The first-order valence-corrected chi connectivity index (χ1v) is 14.1. The lowest BCUT2D eigenvalue weighted by Crippen LogP contribution is -2.01. The molecule has 3 heterocycles. The molecule has 3 aromatic heterocycles. The molecule has 9 rings (SSSR count). The van der Waals surface area contributed by atoms with E-state index in [1.54, 1.807) is 0 Å². The van der Waals surface area contributed by atoms with Crippen LogP contribution in [0.5, 0.6) is 0 Å². The Balaban J connectivity index is 1.33. The number of rotatable bonds is 3. The van der Waals surface area contributed by atoms with Crippen molar-refractivity contribution in [2.24, 2.45) is 0 Å². The summed E-state index contributed by atoms with van der Waals surface area (Å²) in [6, 6.07) is 34.7. The highest BCUT2D eigenvalue weighted by molar-refractivity contribution is 6.22. The summed E-state index contributed by atoms with van der Waals surface area (Å²) in [4.78, 5) is 14.4. The van der Waals surface area contributed by atoms with Crippen LogP contribution in [-0.2, 0) is 0 Å². The van der Waals surface area contributed by atoms with Crippen LogP contribution in [0.15, 0.2) is 124 Å². The van der Waals surface area contributed by atoms with Crippen molar-refractivity contribution in [3.8, 4) is 34.2 Å². The summed E-state index contributed by atoms with van der Waals surface area (Å²) in [6.45, 7) is 0. The van der Waals surface area contributed by atoms with Gasteiger partial charge >= 0.3 is 0 Å². The Bertz CT molecular complexity index is 2580. The van der Waals surface area contributed by atoms with E-state index in [1.165, 1.54) is 12.1 Å².